The molecule has 5 nitrogen and oxygen atoms in total. The summed E-state index contributed by atoms with van der Waals surface area (Å²) in [6.07, 6.45) is -4.35. The van der Waals surface area contributed by atoms with Crippen molar-refractivity contribution in [2.45, 2.75) is 30.5 Å². The Morgan fingerprint density at radius 1 is 1.04 bits per heavy atom. The third-order valence-electron chi connectivity index (χ3n) is 3.71. The number of sulfonamides is 1. The minimum absolute atomic E-state index is 0.0815. The molecule has 0 heterocycles. The number of nitrogens with one attached hydrogen (secondary N) is 1. The molecule has 0 radical (unpaired) electrons. The van der Waals surface area contributed by atoms with Crippen LogP contribution < -0.4 is 4.72 Å². The monoisotopic (exact) mass is 387 g/mol. The topological polar surface area (TPSA) is 83.5 Å². The third-order valence-corrected chi connectivity index (χ3v) is 5.20. The maximum absolute atomic E-state index is 12.6. The minimum atomic E-state index is -4.43. The average molecular weight is 387 g/mol. The fourth-order valence-corrected chi connectivity index (χ4v) is 3.51. The Morgan fingerprint density at radius 2 is 1.50 bits per heavy atom. The number of benzene rings is 2. The van der Waals surface area contributed by atoms with Gasteiger partial charge in [0.05, 0.1) is 10.5 Å². The normalized spacial score (nSPS) is 13.4. The van der Waals surface area contributed by atoms with E-state index in [4.69, 9.17) is 5.11 Å². The Hall–Kier alpha value is -2.39. The highest BCUT2D eigenvalue weighted by atomic mass is 32.2. The van der Waals surface area contributed by atoms with Gasteiger partial charge in [-0.25, -0.2) is 8.42 Å². The molecular formula is C17H16F3NO4S. The predicted molar refractivity (Wildman–Crippen MR) is 88.9 cm³/mol. The van der Waals surface area contributed by atoms with E-state index in [2.05, 4.69) is 4.72 Å². The van der Waals surface area contributed by atoms with Gasteiger partial charge in [0.25, 0.3) is 0 Å². The maximum atomic E-state index is 12.6. The van der Waals surface area contributed by atoms with Crippen LogP contribution in [0.4, 0.5) is 13.2 Å². The number of aliphatic carboxylic acids is 1. The highest BCUT2D eigenvalue weighted by molar-refractivity contribution is 7.89. The van der Waals surface area contributed by atoms with E-state index in [1.807, 2.05) is 0 Å². The summed E-state index contributed by atoms with van der Waals surface area (Å²) in [5, 5.41) is 8.95. The third kappa shape index (κ3) is 4.61. The van der Waals surface area contributed by atoms with Crippen LogP contribution in [-0.4, -0.2) is 25.5 Å². The van der Waals surface area contributed by atoms with Crippen LogP contribution in [0, 0.1) is 0 Å². The van der Waals surface area contributed by atoms with Crippen molar-refractivity contribution in [2.75, 3.05) is 0 Å². The van der Waals surface area contributed by atoms with Gasteiger partial charge in [-0.3, -0.25) is 4.79 Å². The number of carbonyl (C=O) groups is 1. The Morgan fingerprint density at radius 3 is 1.88 bits per heavy atom. The van der Waals surface area contributed by atoms with Crippen molar-refractivity contribution in [3.8, 4) is 11.1 Å². The fraction of sp³-hybridized carbons (Fsp3) is 0.235. The molecule has 0 saturated carbocycles. The lowest BCUT2D eigenvalue weighted by molar-refractivity contribution is -0.139. The van der Waals surface area contributed by atoms with Gasteiger partial charge in [-0.1, -0.05) is 31.2 Å². The van der Waals surface area contributed by atoms with E-state index in [0.29, 0.717) is 11.1 Å². The Bertz CT molecular complexity index is 876. The largest absolute Gasteiger partial charge is 0.480 e. The van der Waals surface area contributed by atoms with Crippen molar-refractivity contribution in [3.05, 3.63) is 54.1 Å². The zero-order valence-electron chi connectivity index (χ0n) is 13.6. The highest BCUT2D eigenvalue weighted by Gasteiger charge is 2.30. The van der Waals surface area contributed by atoms with Crippen LogP contribution in [0.15, 0.2) is 53.4 Å². The predicted octanol–water partition coefficient (Wildman–Crippen LogP) is 3.51. The number of rotatable bonds is 6. The second-order valence-corrected chi connectivity index (χ2v) is 7.23. The van der Waals surface area contributed by atoms with E-state index in [-0.39, 0.29) is 11.3 Å². The van der Waals surface area contributed by atoms with E-state index in [0.717, 1.165) is 12.1 Å². The molecule has 1 atom stereocenters. The smallest absolute Gasteiger partial charge is 0.416 e. The SMILES string of the molecule is CCC(NS(=O)(=O)c1ccc(-c2ccc(C(F)(F)F)cc2)cc1)C(=O)O. The van der Waals surface area contributed by atoms with Crippen molar-refractivity contribution in [2.24, 2.45) is 0 Å². The molecule has 2 aromatic carbocycles. The van der Waals surface area contributed by atoms with Crippen molar-refractivity contribution in [1.29, 1.82) is 0 Å². The van der Waals surface area contributed by atoms with E-state index in [1.54, 1.807) is 0 Å². The molecule has 0 fully saturated rings. The molecule has 0 saturated heterocycles. The zero-order chi connectivity index (χ0) is 19.5. The lowest BCUT2D eigenvalue weighted by atomic mass is 10.0. The van der Waals surface area contributed by atoms with Gasteiger partial charge < -0.3 is 5.11 Å². The summed E-state index contributed by atoms with van der Waals surface area (Å²) in [5.74, 6) is -1.28. The minimum Gasteiger partial charge on any atom is -0.480 e. The van der Waals surface area contributed by atoms with Crippen LogP contribution in [0.3, 0.4) is 0 Å². The second kappa shape index (κ2) is 7.46. The lowest BCUT2D eigenvalue weighted by Gasteiger charge is -2.13. The number of carboxylic acid groups (broad SMARTS) is 1. The molecule has 0 aromatic heterocycles. The summed E-state index contributed by atoms with van der Waals surface area (Å²) in [6.45, 7) is 1.54. The molecule has 2 aromatic rings. The molecule has 2 rings (SSSR count). The first kappa shape index (κ1) is 19.9. The molecule has 0 bridgehead atoms. The van der Waals surface area contributed by atoms with Crippen molar-refractivity contribution >= 4 is 16.0 Å². The number of halogens is 3. The highest BCUT2D eigenvalue weighted by Crippen LogP contribution is 2.31. The molecule has 2 N–H and O–H groups in total. The summed E-state index contributed by atoms with van der Waals surface area (Å²) in [5.41, 5.74) is 0.249. The molecule has 0 aliphatic carbocycles. The van der Waals surface area contributed by atoms with Crippen LogP contribution in [0.25, 0.3) is 11.1 Å². The quantitative estimate of drug-likeness (QED) is 0.795. The summed E-state index contributed by atoms with van der Waals surface area (Å²) in [4.78, 5) is 10.8. The van der Waals surface area contributed by atoms with E-state index >= 15 is 0 Å². The number of carboxylic acids is 1. The number of alkyl halides is 3. The van der Waals surface area contributed by atoms with Crippen molar-refractivity contribution in [1.82, 2.24) is 4.72 Å². The average Bonchev–Trinajstić information content (AvgIpc) is 2.59. The summed E-state index contributed by atoms with van der Waals surface area (Å²) in [7, 11) is -4.02. The van der Waals surface area contributed by atoms with Gasteiger partial charge in [0.2, 0.25) is 10.0 Å². The fourth-order valence-electron chi connectivity index (χ4n) is 2.24. The molecule has 0 aliphatic heterocycles. The van der Waals surface area contributed by atoms with Crippen LogP contribution >= 0.6 is 0 Å². The van der Waals surface area contributed by atoms with Gasteiger partial charge in [0.1, 0.15) is 6.04 Å². The van der Waals surface area contributed by atoms with E-state index in [1.165, 1.54) is 43.3 Å². The standard InChI is InChI=1S/C17H16F3NO4S/c1-2-15(16(22)23)21-26(24,25)14-9-5-12(6-10-14)11-3-7-13(8-4-11)17(18,19)20/h3-10,15,21H,2H2,1H3,(H,22,23). The first-order valence-electron chi connectivity index (χ1n) is 7.57. The van der Waals surface area contributed by atoms with Crippen LogP contribution in [0.5, 0.6) is 0 Å². The molecule has 9 heteroatoms. The van der Waals surface area contributed by atoms with Crippen molar-refractivity contribution < 1.29 is 31.5 Å². The summed E-state index contributed by atoms with van der Waals surface area (Å²) < 4.78 is 64.3. The second-order valence-electron chi connectivity index (χ2n) is 5.52. The molecule has 26 heavy (non-hydrogen) atoms. The van der Waals surface area contributed by atoms with Gasteiger partial charge in [0.15, 0.2) is 0 Å². The van der Waals surface area contributed by atoms with Gasteiger partial charge in [-0.05, 0) is 41.8 Å². The first-order valence-corrected chi connectivity index (χ1v) is 9.05. The summed E-state index contributed by atoms with van der Waals surface area (Å²) >= 11 is 0. The molecule has 0 amide bonds. The van der Waals surface area contributed by atoms with E-state index < -0.39 is 33.8 Å². The Balaban J connectivity index is 2.24. The van der Waals surface area contributed by atoms with Gasteiger partial charge in [-0.15, -0.1) is 0 Å². The molecule has 0 aliphatic rings. The lowest BCUT2D eigenvalue weighted by Crippen LogP contribution is -2.40. The maximum Gasteiger partial charge on any atom is 0.416 e. The zero-order valence-corrected chi connectivity index (χ0v) is 14.4. The number of hydrogen-bond acceptors (Lipinski definition) is 3. The van der Waals surface area contributed by atoms with Crippen molar-refractivity contribution in [3.63, 3.8) is 0 Å². The Labute approximate surface area is 148 Å². The molecule has 0 spiro atoms. The Kier molecular flexibility index (Phi) is 5.72. The van der Waals surface area contributed by atoms with E-state index in [9.17, 15) is 26.4 Å². The van der Waals surface area contributed by atoms with Gasteiger partial charge in [-0.2, -0.15) is 17.9 Å². The molecular weight excluding hydrogens is 371 g/mol. The van der Waals surface area contributed by atoms with Crippen LogP contribution in [0.1, 0.15) is 18.9 Å². The van der Waals surface area contributed by atoms with Crippen LogP contribution in [0.2, 0.25) is 0 Å². The van der Waals surface area contributed by atoms with Gasteiger partial charge in [0, 0.05) is 0 Å². The number of hydrogen-bond donors (Lipinski definition) is 2. The van der Waals surface area contributed by atoms with Gasteiger partial charge >= 0.3 is 12.1 Å². The van der Waals surface area contributed by atoms with Crippen LogP contribution in [-0.2, 0) is 21.0 Å². The molecule has 140 valence electrons. The molecule has 1 unspecified atom stereocenters. The summed E-state index contributed by atoms with van der Waals surface area (Å²) in [6, 6.07) is 8.66. The first-order chi connectivity index (χ1) is 12.0.